The summed E-state index contributed by atoms with van der Waals surface area (Å²) in [6.07, 6.45) is 3.00. The third kappa shape index (κ3) is 5.41. The molecule has 2 aromatic rings. The molecule has 2 fully saturated rings. The van der Waals surface area contributed by atoms with E-state index in [2.05, 4.69) is 17.3 Å². The Labute approximate surface area is 206 Å². The monoisotopic (exact) mass is 481 g/mol. The van der Waals surface area contributed by atoms with Crippen molar-refractivity contribution in [3.8, 4) is 11.3 Å². The van der Waals surface area contributed by atoms with Gasteiger partial charge in [0, 0.05) is 37.8 Å². The van der Waals surface area contributed by atoms with Crippen molar-refractivity contribution in [2.24, 2.45) is 11.8 Å². The van der Waals surface area contributed by atoms with E-state index in [0.29, 0.717) is 38.5 Å². The van der Waals surface area contributed by atoms with Crippen LogP contribution in [-0.2, 0) is 14.3 Å². The summed E-state index contributed by atoms with van der Waals surface area (Å²) in [5.41, 5.74) is 4.53. The molecule has 0 N–H and O–H groups in total. The van der Waals surface area contributed by atoms with Crippen LogP contribution in [-0.4, -0.2) is 65.5 Å². The topological polar surface area (TPSA) is 93.0 Å². The molecule has 0 bridgehead atoms. The third-order valence-corrected chi connectivity index (χ3v) is 7.06. The molecule has 4 rings (SSSR count). The number of nitrogens with zero attached hydrogens (tertiary/aromatic N) is 3. The highest BCUT2D eigenvalue weighted by Gasteiger charge is 2.36. The highest BCUT2D eigenvalue weighted by Crippen LogP contribution is 2.30. The Balaban J connectivity index is 1.43. The predicted octanol–water partition coefficient (Wildman–Crippen LogP) is 3.92. The van der Waals surface area contributed by atoms with Crippen molar-refractivity contribution >= 4 is 17.8 Å². The van der Waals surface area contributed by atoms with Crippen molar-refractivity contribution in [3.05, 3.63) is 40.6 Å². The van der Waals surface area contributed by atoms with Gasteiger partial charge in [-0.3, -0.25) is 14.4 Å². The number of hydrogen-bond donors (Lipinski definition) is 0. The maximum Gasteiger partial charge on any atom is 0.310 e. The number of rotatable bonds is 5. The van der Waals surface area contributed by atoms with Crippen LogP contribution < -0.4 is 0 Å². The van der Waals surface area contributed by atoms with E-state index in [0.717, 1.165) is 42.4 Å². The van der Waals surface area contributed by atoms with E-state index in [-0.39, 0.29) is 35.3 Å². The Bertz CT molecular complexity index is 1080. The van der Waals surface area contributed by atoms with Gasteiger partial charge in [-0.2, -0.15) is 0 Å². The van der Waals surface area contributed by atoms with E-state index >= 15 is 0 Å². The van der Waals surface area contributed by atoms with Crippen molar-refractivity contribution in [2.45, 2.75) is 53.4 Å². The maximum atomic E-state index is 13.3. The van der Waals surface area contributed by atoms with Crippen molar-refractivity contribution in [2.75, 3.05) is 32.8 Å². The molecule has 35 heavy (non-hydrogen) atoms. The molecule has 2 amide bonds. The fourth-order valence-corrected chi connectivity index (χ4v) is 5.48. The molecule has 8 heteroatoms. The molecule has 0 unspecified atom stereocenters. The van der Waals surface area contributed by atoms with Crippen LogP contribution in [0.1, 0.15) is 59.8 Å². The van der Waals surface area contributed by atoms with E-state index in [1.54, 1.807) is 22.8 Å². The summed E-state index contributed by atoms with van der Waals surface area (Å²) in [4.78, 5) is 42.2. The van der Waals surface area contributed by atoms with Crippen LogP contribution >= 0.6 is 0 Å². The molecule has 0 saturated carbocycles. The average molecular weight is 482 g/mol. The van der Waals surface area contributed by atoms with E-state index in [1.165, 1.54) is 5.56 Å². The Morgan fingerprint density at radius 1 is 0.971 bits per heavy atom. The van der Waals surface area contributed by atoms with Crippen molar-refractivity contribution < 1.29 is 23.6 Å². The highest BCUT2D eigenvalue weighted by molar-refractivity contribution is 5.94. The summed E-state index contributed by atoms with van der Waals surface area (Å²) in [5, 5.41) is 4.07. The van der Waals surface area contributed by atoms with Crippen LogP contribution in [0.2, 0.25) is 0 Å². The molecule has 8 nitrogen and oxygen atoms in total. The second-order valence-electron chi connectivity index (χ2n) is 9.82. The highest BCUT2D eigenvalue weighted by atomic mass is 16.5. The summed E-state index contributed by atoms with van der Waals surface area (Å²) in [6.45, 7) is 10.2. The summed E-state index contributed by atoms with van der Waals surface area (Å²) in [6, 6.07) is 5.87. The molecule has 1 aromatic carbocycles. The van der Waals surface area contributed by atoms with Gasteiger partial charge in [-0.25, -0.2) is 0 Å². The SMILES string of the molecule is CCOC(=O)[C@@H]1CCCN(C(=O)[C@@H]2CCCN(C(=O)c3cc(-c4c(C)cc(C)cc4C)on3)C2)C1. The number of ether oxygens (including phenoxy) is 1. The first-order valence-electron chi connectivity index (χ1n) is 12.6. The molecule has 2 aliphatic heterocycles. The minimum absolute atomic E-state index is 0.0169. The number of esters is 1. The minimum atomic E-state index is -0.276. The van der Waals surface area contributed by atoms with Crippen LogP contribution in [0.25, 0.3) is 11.3 Å². The van der Waals surface area contributed by atoms with Gasteiger partial charge >= 0.3 is 5.97 Å². The van der Waals surface area contributed by atoms with Gasteiger partial charge in [-0.1, -0.05) is 22.9 Å². The number of benzene rings is 1. The number of amides is 2. The van der Waals surface area contributed by atoms with Crippen LogP contribution in [0.4, 0.5) is 0 Å². The van der Waals surface area contributed by atoms with Gasteiger partial charge in [0.15, 0.2) is 11.5 Å². The molecular weight excluding hydrogens is 446 g/mol. The first-order chi connectivity index (χ1) is 16.8. The van der Waals surface area contributed by atoms with Gasteiger partial charge in [-0.15, -0.1) is 0 Å². The molecule has 1 aromatic heterocycles. The van der Waals surface area contributed by atoms with Crippen LogP contribution in [0.15, 0.2) is 22.7 Å². The minimum Gasteiger partial charge on any atom is -0.466 e. The number of piperidine rings is 2. The van der Waals surface area contributed by atoms with E-state index < -0.39 is 0 Å². The zero-order chi connectivity index (χ0) is 25.1. The quantitative estimate of drug-likeness (QED) is 0.601. The van der Waals surface area contributed by atoms with Crippen molar-refractivity contribution in [1.82, 2.24) is 15.0 Å². The fourth-order valence-electron chi connectivity index (χ4n) is 5.48. The smallest absolute Gasteiger partial charge is 0.310 e. The molecule has 2 saturated heterocycles. The second kappa shape index (κ2) is 10.6. The van der Waals surface area contributed by atoms with E-state index in [4.69, 9.17) is 9.26 Å². The van der Waals surface area contributed by atoms with E-state index in [1.807, 2.05) is 20.8 Å². The Morgan fingerprint density at radius 2 is 1.60 bits per heavy atom. The molecule has 0 radical (unpaired) electrons. The lowest BCUT2D eigenvalue weighted by atomic mass is 9.93. The number of aromatic nitrogens is 1. The lowest BCUT2D eigenvalue weighted by Gasteiger charge is -2.37. The largest absolute Gasteiger partial charge is 0.466 e. The van der Waals surface area contributed by atoms with Gasteiger partial charge in [-0.05, 0) is 64.5 Å². The molecular formula is C27H35N3O5. The van der Waals surface area contributed by atoms with Crippen LogP contribution in [0.5, 0.6) is 0 Å². The lowest BCUT2D eigenvalue weighted by Crippen LogP contribution is -2.50. The average Bonchev–Trinajstić information content (AvgIpc) is 3.32. The zero-order valence-electron chi connectivity index (χ0n) is 21.1. The summed E-state index contributed by atoms with van der Waals surface area (Å²) >= 11 is 0. The molecule has 188 valence electrons. The second-order valence-corrected chi connectivity index (χ2v) is 9.82. The van der Waals surface area contributed by atoms with Crippen molar-refractivity contribution in [3.63, 3.8) is 0 Å². The van der Waals surface area contributed by atoms with Gasteiger partial charge in [0.1, 0.15) is 0 Å². The standard InChI is InChI=1S/C27H35N3O5/c1-5-34-27(33)21-9-7-10-29(16-21)25(31)20-8-6-11-30(15-20)26(32)22-14-23(35-28-22)24-18(3)12-17(2)13-19(24)4/h12-14,20-21H,5-11,15-16H2,1-4H3/t20-,21-/m1/s1. The summed E-state index contributed by atoms with van der Waals surface area (Å²) in [7, 11) is 0. The normalized spacial score (nSPS) is 20.6. The van der Waals surface area contributed by atoms with Gasteiger partial charge in [0.2, 0.25) is 5.91 Å². The molecule has 0 aliphatic carbocycles. The zero-order valence-corrected chi connectivity index (χ0v) is 21.1. The van der Waals surface area contributed by atoms with Gasteiger partial charge in [0.25, 0.3) is 5.91 Å². The Kier molecular flexibility index (Phi) is 7.57. The van der Waals surface area contributed by atoms with Crippen LogP contribution in [0.3, 0.4) is 0 Å². The predicted molar refractivity (Wildman–Crippen MR) is 131 cm³/mol. The molecule has 2 atom stereocenters. The summed E-state index contributed by atoms with van der Waals surface area (Å²) in [5.74, 6) is -0.401. The first kappa shape index (κ1) is 24.9. The van der Waals surface area contributed by atoms with Crippen molar-refractivity contribution in [1.29, 1.82) is 0 Å². The lowest BCUT2D eigenvalue weighted by molar-refractivity contribution is -0.152. The Morgan fingerprint density at radius 3 is 2.29 bits per heavy atom. The number of hydrogen-bond acceptors (Lipinski definition) is 6. The molecule has 2 aliphatic rings. The Hall–Kier alpha value is -3.16. The van der Waals surface area contributed by atoms with Gasteiger partial charge < -0.3 is 19.1 Å². The molecule has 3 heterocycles. The summed E-state index contributed by atoms with van der Waals surface area (Å²) < 4.78 is 10.7. The number of aryl methyl sites for hydroxylation is 3. The first-order valence-corrected chi connectivity index (χ1v) is 12.6. The maximum absolute atomic E-state index is 13.3. The number of likely N-dealkylation sites (tertiary alicyclic amines) is 2. The number of carbonyl (C=O) groups excluding carboxylic acids is 3. The fraction of sp³-hybridized carbons (Fsp3) is 0.556. The molecule has 0 spiro atoms. The van der Waals surface area contributed by atoms with Gasteiger partial charge in [0.05, 0.1) is 18.4 Å². The van der Waals surface area contributed by atoms with E-state index in [9.17, 15) is 14.4 Å². The number of carbonyl (C=O) groups is 3. The third-order valence-electron chi connectivity index (χ3n) is 7.06. The van der Waals surface area contributed by atoms with Crippen LogP contribution in [0, 0.1) is 32.6 Å².